The first-order chi connectivity index (χ1) is 7.70. The highest BCUT2D eigenvalue weighted by atomic mass is 19.1. The first-order valence-corrected chi connectivity index (χ1v) is 4.94. The third-order valence-electron chi connectivity index (χ3n) is 2.47. The molecule has 1 unspecified atom stereocenters. The lowest BCUT2D eigenvalue weighted by atomic mass is 9.99. The van der Waals surface area contributed by atoms with Crippen molar-refractivity contribution in [1.82, 2.24) is 0 Å². The van der Waals surface area contributed by atoms with Gasteiger partial charge >= 0.3 is 0 Å². The van der Waals surface area contributed by atoms with Crippen LogP contribution in [0, 0.1) is 11.6 Å². The predicted octanol–water partition coefficient (Wildman–Crippen LogP) is 3.01. The van der Waals surface area contributed by atoms with Crippen LogP contribution in [0.5, 0.6) is 0 Å². The van der Waals surface area contributed by atoms with Gasteiger partial charge in [0.15, 0.2) is 0 Å². The molecule has 0 aliphatic heterocycles. The second kappa shape index (κ2) is 4.41. The molecule has 0 saturated heterocycles. The van der Waals surface area contributed by atoms with E-state index in [0.717, 1.165) is 0 Å². The Balaban J connectivity index is 2.46. The summed E-state index contributed by atoms with van der Waals surface area (Å²) in [7, 11) is 0. The first kappa shape index (κ1) is 10.8. The summed E-state index contributed by atoms with van der Waals surface area (Å²) >= 11 is 0. The van der Waals surface area contributed by atoms with Crippen molar-refractivity contribution in [1.29, 1.82) is 0 Å². The molecule has 1 atom stereocenters. The van der Waals surface area contributed by atoms with Crippen LogP contribution in [-0.2, 0) is 0 Å². The van der Waals surface area contributed by atoms with Crippen molar-refractivity contribution in [2.24, 2.45) is 5.73 Å². The second-order valence-electron chi connectivity index (χ2n) is 3.52. The molecule has 0 heterocycles. The Kier molecular flexibility index (Phi) is 2.97. The van der Waals surface area contributed by atoms with Crippen molar-refractivity contribution in [2.45, 2.75) is 6.04 Å². The fourth-order valence-corrected chi connectivity index (χ4v) is 1.63. The molecule has 0 radical (unpaired) electrons. The number of hydrogen-bond donors (Lipinski definition) is 1. The van der Waals surface area contributed by atoms with Crippen molar-refractivity contribution in [3.05, 3.63) is 71.3 Å². The molecule has 0 fully saturated rings. The van der Waals surface area contributed by atoms with Crippen molar-refractivity contribution in [3.63, 3.8) is 0 Å². The largest absolute Gasteiger partial charge is 0.320 e. The van der Waals surface area contributed by atoms with Gasteiger partial charge in [-0.25, -0.2) is 8.78 Å². The Morgan fingerprint density at radius 2 is 1.38 bits per heavy atom. The molecule has 1 nitrogen and oxygen atoms in total. The summed E-state index contributed by atoms with van der Waals surface area (Å²) in [5.74, 6) is -1.23. The minimum atomic E-state index is -0.776. The van der Waals surface area contributed by atoms with Crippen molar-refractivity contribution >= 4 is 0 Å². The Labute approximate surface area is 92.5 Å². The molecule has 16 heavy (non-hydrogen) atoms. The number of hydrogen-bond acceptors (Lipinski definition) is 1. The highest BCUT2D eigenvalue weighted by Gasteiger charge is 2.17. The van der Waals surface area contributed by atoms with E-state index < -0.39 is 17.7 Å². The SMILES string of the molecule is NC(c1ccccc1)c1c(F)cccc1F. The van der Waals surface area contributed by atoms with Gasteiger partial charge < -0.3 is 5.73 Å². The highest BCUT2D eigenvalue weighted by Crippen LogP contribution is 2.24. The van der Waals surface area contributed by atoms with Crippen LogP contribution in [0.3, 0.4) is 0 Å². The quantitative estimate of drug-likeness (QED) is 0.825. The van der Waals surface area contributed by atoms with Crippen molar-refractivity contribution in [3.8, 4) is 0 Å². The van der Waals surface area contributed by atoms with Gasteiger partial charge in [-0.2, -0.15) is 0 Å². The van der Waals surface area contributed by atoms with Gasteiger partial charge in [0.2, 0.25) is 0 Å². The van der Waals surface area contributed by atoms with Crippen LogP contribution in [0.2, 0.25) is 0 Å². The maximum atomic E-state index is 13.5. The fraction of sp³-hybridized carbons (Fsp3) is 0.0769. The number of benzene rings is 2. The van der Waals surface area contributed by atoms with Gasteiger partial charge in [0.1, 0.15) is 11.6 Å². The molecule has 2 rings (SSSR count). The lowest BCUT2D eigenvalue weighted by Gasteiger charge is -2.14. The van der Waals surface area contributed by atoms with Crippen LogP contribution in [0.1, 0.15) is 17.2 Å². The van der Waals surface area contributed by atoms with Gasteiger partial charge in [-0.15, -0.1) is 0 Å². The van der Waals surface area contributed by atoms with E-state index in [0.29, 0.717) is 5.56 Å². The summed E-state index contributed by atoms with van der Waals surface area (Å²) < 4.78 is 26.9. The number of nitrogens with two attached hydrogens (primary N) is 1. The van der Waals surface area contributed by atoms with E-state index in [1.807, 2.05) is 6.07 Å². The molecule has 82 valence electrons. The molecule has 2 N–H and O–H groups in total. The molecule has 2 aromatic carbocycles. The molecule has 3 heteroatoms. The van der Waals surface area contributed by atoms with Crippen LogP contribution in [0.15, 0.2) is 48.5 Å². The van der Waals surface area contributed by atoms with E-state index in [9.17, 15) is 8.78 Å². The van der Waals surface area contributed by atoms with Crippen LogP contribution >= 0.6 is 0 Å². The highest BCUT2D eigenvalue weighted by molar-refractivity contribution is 5.32. The standard InChI is InChI=1S/C13H11F2N/c14-10-7-4-8-11(15)12(10)13(16)9-5-2-1-3-6-9/h1-8,13H,16H2. The topological polar surface area (TPSA) is 26.0 Å². The molecule has 0 amide bonds. The van der Waals surface area contributed by atoms with Gasteiger partial charge in [0.25, 0.3) is 0 Å². The summed E-state index contributed by atoms with van der Waals surface area (Å²) in [6.45, 7) is 0. The minimum absolute atomic E-state index is 0.0892. The summed E-state index contributed by atoms with van der Waals surface area (Å²) in [5, 5.41) is 0. The number of halogens is 2. The van der Waals surface area contributed by atoms with Crippen molar-refractivity contribution < 1.29 is 8.78 Å². The zero-order valence-electron chi connectivity index (χ0n) is 8.53. The second-order valence-corrected chi connectivity index (χ2v) is 3.52. The lowest BCUT2D eigenvalue weighted by molar-refractivity contribution is 0.543. The van der Waals surface area contributed by atoms with Gasteiger partial charge in [-0.1, -0.05) is 36.4 Å². The third kappa shape index (κ3) is 1.95. The van der Waals surface area contributed by atoms with Gasteiger partial charge in [0.05, 0.1) is 6.04 Å². The summed E-state index contributed by atoms with van der Waals surface area (Å²) in [6, 6.07) is 11.9. The Hall–Kier alpha value is -1.74. The van der Waals surface area contributed by atoms with Crippen LogP contribution < -0.4 is 5.73 Å². The van der Waals surface area contributed by atoms with E-state index in [4.69, 9.17) is 5.73 Å². The van der Waals surface area contributed by atoms with E-state index in [1.165, 1.54) is 18.2 Å². The summed E-state index contributed by atoms with van der Waals surface area (Å²) in [4.78, 5) is 0. The zero-order chi connectivity index (χ0) is 11.5. The monoisotopic (exact) mass is 219 g/mol. The Morgan fingerprint density at radius 1 is 0.812 bits per heavy atom. The summed E-state index contributed by atoms with van der Waals surface area (Å²) in [5.41, 5.74) is 6.44. The van der Waals surface area contributed by atoms with Gasteiger partial charge in [0, 0.05) is 5.56 Å². The third-order valence-corrected chi connectivity index (χ3v) is 2.47. The maximum absolute atomic E-state index is 13.5. The Morgan fingerprint density at radius 3 is 1.94 bits per heavy atom. The molecule has 0 aliphatic carbocycles. The molecule has 0 aromatic heterocycles. The minimum Gasteiger partial charge on any atom is -0.320 e. The van der Waals surface area contributed by atoms with Gasteiger partial charge in [-0.05, 0) is 17.7 Å². The average Bonchev–Trinajstić information content (AvgIpc) is 2.30. The normalized spacial score (nSPS) is 12.4. The van der Waals surface area contributed by atoms with E-state index >= 15 is 0 Å². The Bertz CT molecular complexity index is 462. The zero-order valence-corrected chi connectivity index (χ0v) is 8.53. The van der Waals surface area contributed by atoms with E-state index in [1.54, 1.807) is 24.3 Å². The average molecular weight is 219 g/mol. The maximum Gasteiger partial charge on any atom is 0.131 e. The van der Waals surface area contributed by atoms with E-state index in [-0.39, 0.29) is 5.56 Å². The smallest absolute Gasteiger partial charge is 0.131 e. The molecular formula is C13H11F2N. The molecule has 0 saturated carbocycles. The molecular weight excluding hydrogens is 208 g/mol. The number of rotatable bonds is 2. The van der Waals surface area contributed by atoms with Crippen molar-refractivity contribution in [2.75, 3.05) is 0 Å². The van der Waals surface area contributed by atoms with Crippen LogP contribution in [0.25, 0.3) is 0 Å². The van der Waals surface area contributed by atoms with E-state index in [2.05, 4.69) is 0 Å². The molecule has 2 aromatic rings. The lowest BCUT2D eigenvalue weighted by Crippen LogP contribution is -2.15. The molecule has 0 aliphatic rings. The molecule has 0 bridgehead atoms. The fourth-order valence-electron chi connectivity index (χ4n) is 1.63. The predicted molar refractivity (Wildman–Crippen MR) is 58.8 cm³/mol. The van der Waals surface area contributed by atoms with Gasteiger partial charge in [-0.3, -0.25) is 0 Å². The van der Waals surface area contributed by atoms with Crippen LogP contribution in [-0.4, -0.2) is 0 Å². The van der Waals surface area contributed by atoms with Crippen LogP contribution in [0.4, 0.5) is 8.78 Å². The molecule has 0 spiro atoms. The summed E-state index contributed by atoms with van der Waals surface area (Å²) in [6.07, 6.45) is 0. The first-order valence-electron chi connectivity index (χ1n) is 4.94.